The third-order valence-electron chi connectivity index (χ3n) is 3.74. The van der Waals surface area contributed by atoms with Crippen LogP contribution in [-0.2, 0) is 6.18 Å². The molecule has 1 amide bonds. The Morgan fingerprint density at radius 3 is 2.33 bits per heavy atom. The maximum atomic E-state index is 12.6. The Kier molecular flexibility index (Phi) is 5.07. The van der Waals surface area contributed by atoms with Gasteiger partial charge in [-0.15, -0.1) is 10.2 Å². The average molecular weight is 373 g/mol. The predicted octanol–water partition coefficient (Wildman–Crippen LogP) is 4.42. The molecule has 0 aliphatic heterocycles. The zero-order chi connectivity index (χ0) is 19.4. The number of benzene rings is 2. The maximum absolute atomic E-state index is 12.6. The van der Waals surface area contributed by atoms with Crippen molar-refractivity contribution in [3.63, 3.8) is 0 Å². The van der Waals surface area contributed by atoms with E-state index in [2.05, 4.69) is 15.5 Å². The summed E-state index contributed by atoms with van der Waals surface area (Å²) in [4.78, 5) is 12.3. The fourth-order valence-corrected chi connectivity index (χ4v) is 2.35. The molecule has 0 saturated heterocycles. The molecule has 3 rings (SSSR count). The molecule has 1 heterocycles. The highest BCUT2D eigenvalue weighted by atomic mass is 19.4. The van der Waals surface area contributed by atoms with Gasteiger partial charge in [-0.3, -0.25) is 4.79 Å². The van der Waals surface area contributed by atoms with Gasteiger partial charge in [0.05, 0.1) is 18.4 Å². The number of anilines is 1. The molecule has 2 aromatic carbocycles. The van der Waals surface area contributed by atoms with Crippen molar-refractivity contribution in [1.29, 1.82) is 0 Å². The molecule has 1 aromatic heterocycles. The van der Waals surface area contributed by atoms with Gasteiger partial charge in [-0.2, -0.15) is 13.2 Å². The number of amides is 1. The number of nitrogens with zero attached hydrogens (tertiary/aromatic N) is 2. The summed E-state index contributed by atoms with van der Waals surface area (Å²) in [7, 11) is 1.49. The van der Waals surface area contributed by atoms with Gasteiger partial charge in [-0.1, -0.05) is 12.1 Å². The van der Waals surface area contributed by atoms with E-state index in [1.165, 1.54) is 7.11 Å². The number of aromatic nitrogens is 2. The first-order valence-electron chi connectivity index (χ1n) is 7.83. The number of carbonyl (C=O) groups excluding carboxylic acids is 1. The van der Waals surface area contributed by atoms with Crippen molar-refractivity contribution >= 4 is 11.6 Å². The predicted molar refractivity (Wildman–Crippen MR) is 93.4 cm³/mol. The molecule has 0 aliphatic rings. The Bertz CT molecular complexity index is 940. The third-order valence-corrected chi connectivity index (χ3v) is 3.74. The Labute approximate surface area is 152 Å². The molecule has 0 fully saturated rings. The second kappa shape index (κ2) is 7.45. The van der Waals surface area contributed by atoms with Crippen molar-refractivity contribution in [3.05, 3.63) is 71.8 Å². The SMILES string of the molecule is COc1ccc(-c2cccc(NC(=O)c3ccc(C(F)(F)F)cc3)c2)nn1. The van der Waals surface area contributed by atoms with Crippen molar-refractivity contribution < 1.29 is 22.7 Å². The number of carbonyl (C=O) groups is 1. The summed E-state index contributed by atoms with van der Waals surface area (Å²) >= 11 is 0. The number of ether oxygens (including phenoxy) is 1. The van der Waals surface area contributed by atoms with Gasteiger partial charge in [-0.05, 0) is 42.5 Å². The molecular formula is C19H14F3N3O2. The summed E-state index contributed by atoms with van der Waals surface area (Å²) in [5, 5.41) is 10.6. The summed E-state index contributed by atoms with van der Waals surface area (Å²) < 4.78 is 42.8. The molecule has 0 aliphatic carbocycles. The van der Waals surface area contributed by atoms with Crippen LogP contribution in [0, 0.1) is 0 Å². The molecular weight excluding hydrogens is 359 g/mol. The average Bonchev–Trinajstić information content (AvgIpc) is 2.67. The van der Waals surface area contributed by atoms with Crippen LogP contribution < -0.4 is 10.1 Å². The molecule has 0 saturated carbocycles. The number of hydrogen-bond acceptors (Lipinski definition) is 4. The quantitative estimate of drug-likeness (QED) is 0.735. The summed E-state index contributed by atoms with van der Waals surface area (Å²) in [5.41, 5.74) is 1.10. The van der Waals surface area contributed by atoms with Crippen molar-refractivity contribution in [2.24, 2.45) is 0 Å². The van der Waals surface area contributed by atoms with Crippen LogP contribution in [0.1, 0.15) is 15.9 Å². The van der Waals surface area contributed by atoms with E-state index in [1.54, 1.807) is 36.4 Å². The summed E-state index contributed by atoms with van der Waals surface area (Å²) in [6.45, 7) is 0. The van der Waals surface area contributed by atoms with Gasteiger partial charge in [-0.25, -0.2) is 0 Å². The highest BCUT2D eigenvalue weighted by molar-refractivity contribution is 6.04. The van der Waals surface area contributed by atoms with E-state index in [0.717, 1.165) is 29.8 Å². The summed E-state index contributed by atoms with van der Waals surface area (Å²) in [6, 6.07) is 14.3. The smallest absolute Gasteiger partial charge is 0.416 e. The van der Waals surface area contributed by atoms with Crippen LogP contribution in [-0.4, -0.2) is 23.2 Å². The minimum absolute atomic E-state index is 0.123. The lowest BCUT2D eigenvalue weighted by atomic mass is 10.1. The van der Waals surface area contributed by atoms with Crippen LogP contribution in [0.25, 0.3) is 11.3 Å². The molecule has 0 spiro atoms. The molecule has 27 heavy (non-hydrogen) atoms. The highest BCUT2D eigenvalue weighted by Gasteiger charge is 2.30. The van der Waals surface area contributed by atoms with E-state index in [1.807, 2.05) is 0 Å². The molecule has 1 N–H and O–H groups in total. The largest absolute Gasteiger partial charge is 0.480 e. The summed E-state index contributed by atoms with van der Waals surface area (Å²) in [6.07, 6.45) is -4.44. The van der Waals surface area contributed by atoms with Gasteiger partial charge >= 0.3 is 6.18 Å². The van der Waals surface area contributed by atoms with Crippen LogP contribution in [0.5, 0.6) is 5.88 Å². The third kappa shape index (κ3) is 4.41. The van der Waals surface area contributed by atoms with Gasteiger partial charge in [0.1, 0.15) is 0 Å². The fraction of sp³-hybridized carbons (Fsp3) is 0.105. The topological polar surface area (TPSA) is 64.1 Å². The molecule has 3 aromatic rings. The van der Waals surface area contributed by atoms with E-state index < -0.39 is 17.6 Å². The molecule has 0 unspecified atom stereocenters. The van der Waals surface area contributed by atoms with Gasteiger partial charge in [0, 0.05) is 22.9 Å². The molecule has 0 atom stereocenters. The van der Waals surface area contributed by atoms with Crippen molar-refractivity contribution in [2.75, 3.05) is 12.4 Å². The zero-order valence-corrected chi connectivity index (χ0v) is 14.1. The first-order chi connectivity index (χ1) is 12.9. The lowest BCUT2D eigenvalue weighted by Gasteiger charge is -2.09. The Balaban J connectivity index is 1.76. The number of rotatable bonds is 4. The van der Waals surface area contributed by atoms with E-state index in [9.17, 15) is 18.0 Å². The lowest BCUT2D eigenvalue weighted by Crippen LogP contribution is -2.13. The highest BCUT2D eigenvalue weighted by Crippen LogP contribution is 2.29. The van der Waals surface area contributed by atoms with Gasteiger partial charge in [0.2, 0.25) is 5.88 Å². The number of nitrogens with one attached hydrogen (secondary N) is 1. The normalized spacial score (nSPS) is 11.1. The minimum atomic E-state index is -4.44. The van der Waals surface area contributed by atoms with E-state index in [-0.39, 0.29) is 5.56 Å². The van der Waals surface area contributed by atoms with E-state index >= 15 is 0 Å². The van der Waals surface area contributed by atoms with Crippen LogP contribution in [0.4, 0.5) is 18.9 Å². The lowest BCUT2D eigenvalue weighted by molar-refractivity contribution is -0.137. The molecule has 5 nitrogen and oxygen atoms in total. The Hall–Kier alpha value is -3.42. The van der Waals surface area contributed by atoms with E-state index in [0.29, 0.717) is 17.3 Å². The number of alkyl halides is 3. The van der Waals surface area contributed by atoms with Crippen molar-refractivity contribution in [2.45, 2.75) is 6.18 Å². The van der Waals surface area contributed by atoms with Crippen LogP contribution in [0.3, 0.4) is 0 Å². The number of halogens is 3. The minimum Gasteiger partial charge on any atom is -0.480 e. The maximum Gasteiger partial charge on any atom is 0.416 e. The van der Waals surface area contributed by atoms with E-state index in [4.69, 9.17) is 4.74 Å². The second-order valence-electron chi connectivity index (χ2n) is 5.57. The summed E-state index contributed by atoms with van der Waals surface area (Å²) in [5.74, 6) is -0.132. The standard InChI is InChI=1S/C19H14F3N3O2/c1-27-17-10-9-16(24-25-17)13-3-2-4-15(11-13)23-18(26)12-5-7-14(8-6-12)19(20,21)22/h2-11H,1H3,(H,23,26). The molecule has 0 bridgehead atoms. The molecule has 8 heteroatoms. The van der Waals surface area contributed by atoms with Gasteiger partial charge in [0.25, 0.3) is 5.91 Å². The fourth-order valence-electron chi connectivity index (χ4n) is 2.35. The van der Waals surface area contributed by atoms with Crippen LogP contribution in [0.15, 0.2) is 60.7 Å². The number of hydrogen-bond donors (Lipinski definition) is 1. The van der Waals surface area contributed by atoms with Gasteiger partial charge in [0.15, 0.2) is 0 Å². The Morgan fingerprint density at radius 1 is 1.00 bits per heavy atom. The molecule has 0 radical (unpaired) electrons. The monoisotopic (exact) mass is 373 g/mol. The number of methoxy groups -OCH3 is 1. The van der Waals surface area contributed by atoms with Crippen LogP contribution >= 0.6 is 0 Å². The van der Waals surface area contributed by atoms with Gasteiger partial charge < -0.3 is 10.1 Å². The Morgan fingerprint density at radius 2 is 1.74 bits per heavy atom. The first kappa shape index (κ1) is 18.4. The first-order valence-corrected chi connectivity index (χ1v) is 7.83. The van der Waals surface area contributed by atoms with Crippen molar-refractivity contribution in [1.82, 2.24) is 10.2 Å². The molecule has 138 valence electrons. The zero-order valence-electron chi connectivity index (χ0n) is 14.1. The van der Waals surface area contributed by atoms with Crippen LogP contribution in [0.2, 0.25) is 0 Å². The van der Waals surface area contributed by atoms with Crippen molar-refractivity contribution in [3.8, 4) is 17.1 Å². The second-order valence-corrected chi connectivity index (χ2v) is 5.57.